The van der Waals surface area contributed by atoms with E-state index in [0.717, 1.165) is 48.1 Å². The van der Waals surface area contributed by atoms with Crippen LogP contribution in [-0.2, 0) is 11.3 Å². The van der Waals surface area contributed by atoms with Gasteiger partial charge in [0, 0.05) is 11.6 Å². The number of rotatable bonds is 7. The third kappa shape index (κ3) is 5.13. The first kappa shape index (κ1) is 21.1. The van der Waals surface area contributed by atoms with Gasteiger partial charge in [-0.2, -0.15) is 4.98 Å². The number of aromatic nitrogens is 2. The zero-order valence-electron chi connectivity index (χ0n) is 18.2. The third-order valence-corrected chi connectivity index (χ3v) is 6.05. The summed E-state index contributed by atoms with van der Waals surface area (Å²) in [6.45, 7) is 4.36. The average molecular weight is 420 g/mol. The first-order chi connectivity index (χ1) is 15.1. The van der Waals surface area contributed by atoms with Gasteiger partial charge in [-0.3, -0.25) is 4.79 Å². The fourth-order valence-corrected chi connectivity index (χ4v) is 4.09. The second kappa shape index (κ2) is 9.77. The van der Waals surface area contributed by atoms with E-state index in [1.165, 1.54) is 6.42 Å². The van der Waals surface area contributed by atoms with Gasteiger partial charge in [0.1, 0.15) is 12.3 Å². The number of aryl methyl sites for hydroxylation is 1. The fraction of sp³-hybridized carbons (Fsp3) is 0.400. The minimum Gasteiger partial charge on any atom is -0.483 e. The highest BCUT2D eigenvalue weighted by atomic mass is 16.5. The number of hydrogen-bond acceptors (Lipinski definition) is 5. The van der Waals surface area contributed by atoms with Gasteiger partial charge in [0.2, 0.25) is 11.7 Å². The Hall–Kier alpha value is -3.15. The number of carbonyl (C=O) groups excluding carboxylic acids is 1. The van der Waals surface area contributed by atoms with E-state index in [2.05, 4.69) is 10.1 Å². The zero-order chi connectivity index (χ0) is 21.6. The second-order valence-corrected chi connectivity index (χ2v) is 8.18. The van der Waals surface area contributed by atoms with Crippen molar-refractivity contribution in [3.8, 4) is 17.1 Å². The highest BCUT2D eigenvalue weighted by Crippen LogP contribution is 2.26. The summed E-state index contributed by atoms with van der Waals surface area (Å²) in [5.74, 6) is 1.69. The SMILES string of the molecule is Cc1cccc(OCC(=O)N(Cc2nc(-c3ccccc3)no2)C2CCCCC2)c1C. The van der Waals surface area contributed by atoms with E-state index in [1.54, 1.807) is 0 Å². The molecule has 0 radical (unpaired) electrons. The Kier molecular flexibility index (Phi) is 6.65. The molecule has 1 heterocycles. The van der Waals surface area contributed by atoms with Gasteiger partial charge in [0.15, 0.2) is 6.61 Å². The molecule has 0 unspecified atom stereocenters. The fourth-order valence-electron chi connectivity index (χ4n) is 4.09. The maximum Gasteiger partial charge on any atom is 0.261 e. The first-order valence-electron chi connectivity index (χ1n) is 11.0. The summed E-state index contributed by atoms with van der Waals surface area (Å²) in [5, 5.41) is 4.10. The van der Waals surface area contributed by atoms with E-state index >= 15 is 0 Å². The molecule has 1 aliphatic rings. The number of ether oxygens (including phenoxy) is 1. The Balaban J connectivity index is 1.48. The van der Waals surface area contributed by atoms with E-state index in [4.69, 9.17) is 9.26 Å². The number of benzene rings is 2. The summed E-state index contributed by atoms with van der Waals surface area (Å²) in [5.41, 5.74) is 3.10. The summed E-state index contributed by atoms with van der Waals surface area (Å²) in [6, 6.07) is 15.8. The van der Waals surface area contributed by atoms with Crippen LogP contribution in [0, 0.1) is 13.8 Å². The van der Waals surface area contributed by atoms with Crippen LogP contribution < -0.4 is 4.74 Å². The molecule has 6 nitrogen and oxygen atoms in total. The summed E-state index contributed by atoms with van der Waals surface area (Å²) < 4.78 is 11.4. The van der Waals surface area contributed by atoms with Gasteiger partial charge in [0.25, 0.3) is 5.91 Å². The molecular weight excluding hydrogens is 390 g/mol. The molecule has 0 saturated heterocycles. The molecule has 0 bridgehead atoms. The number of nitrogens with zero attached hydrogens (tertiary/aromatic N) is 3. The molecule has 31 heavy (non-hydrogen) atoms. The van der Waals surface area contributed by atoms with Crippen LogP contribution in [0.2, 0.25) is 0 Å². The highest BCUT2D eigenvalue weighted by molar-refractivity contribution is 5.78. The molecule has 0 spiro atoms. The quantitative estimate of drug-likeness (QED) is 0.533. The molecule has 1 amide bonds. The highest BCUT2D eigenvalue weighted by Gasteiger charge is 2.28. The Labute approximate surface area is 183 Å². The number of carbonyl (C=O) groups is 1. The van der Waals surface area contributed by atoms with Crippen LogP contribution >= 0.6 is 0 Å². The van der Waals surface area contributed by atoms with Crippen molar-refractivity contribution in [2.75, 3.05) is 6.61 Å². The van der Waals surface area contributed by atoms with E-state index < -0.39 is 0 Å². The summed E-state index contributed by atoms with van der Waals surface area (Å²) in [6.07, 6.45) is 5.47. The van der Waals surface area contributed by atoms with Crippen LogP contribution in [0.1, 0.15) is 49.1 Å². The molecule has 0 aliphatic heterocycles. The predicted molar refractivity (Wildman–Crippen MR) is 119 cm³/mol. The van der Waals surface area contributed by atoms with Gasteiger partial charge in [-0.05, 0) is 43.9 Å². The molecule has 0 atom stereocenters. The Morgan fingerprint density at radius 1 is 1.06 bits per heavy atom. The lowest BCUT2D eigenvalue weighted by Gasteiger charge is -2.33. The van der Waals surface area contributed by atoms with Crippen LogP contribution in [0.5, 0.6) is 5.75 Å². The standard InChI is InChI=1S/C25H29N3O3/c1-18-10-9-15-22(19(18)2)30-17-24(29)28(21-13-7-4-8-14-21)16-23-26-25(27-31-23)20-11-5-3-6-12-20/h3,5-6,9-12,15,21H,4,7-8,13-14,16-17H2,1-2H3. The minimum absolute atomic E-state index is 0.000469. The molecule has 6 heteroatoms. The molecule has 1 aliphatic carbocycles. The van der Waals surface area contributed by atoms with Gasteiger partial charge in [-0.15, -0.1) is 0 Å². The molecule has 162 valence electrons. The maximum absolute atomic E-state index is 13.2. The molecular formula is C25H29N3O3. The molecule has 4 rings (SSSR count). The number of amides is 1. The van der Waals surface area contributed by atoms with Crippen molar-refractivity contribution < 1.29 is 14.1 Å². The first-order valence-corrected chi connectivity index (χ1v) is 11.0. The van der Waals surface area contributed by atoms with E-state index in [1.807, 2.05) is 67.3 Å². The smallest absolute Gasteiger partial charge is 0.261 e. The van der Waals surface area contributed by atoms with Gasteiger partial charge in [0.05, 0.1) is 0 Å². The van der Waals surface area contributed by atoms with Gasteiger partial charge in [-0.1, -0.05) is 66.9 Å². The summed E-state index contributed by atoms with van der Waals surface area (Å²) in [7, 11) is 0. The normalized spacial score (nSPS) is 14.4. The molecule has 1 fully saturated rings. The van der Waals surface area contributed by atoms with E-state index in [9.17, 15) is 4.79 Å². The lowest BCUT2D eigenvalue weighted by atomic mass is 9.94. The Morgan fingerprint density at radius 3 is 2.61 bits per heavy atom. The second-order valence-electron chi connectivity index (χ2n) is 8.18. The lowest BCUT2D eigenvalue weighted by Crippen LogP contribution is -2.43. The largest absolute Gasteiger partial charge is 0.483 e. The lowest BCUT2D eigenvalue weighted by molar-refractivity contribution is -0.137. The van der Waals surface area contributed by atoms with Crippen molar-refractivity contribution >= 4 is 5.91 Å². The average Bonchev–Trinajstić information content (AvgIpc) is 3.28. The monoisotopic (exact) mass is 419 g/mol. The maximum atomic E-state index is 13.2. The van der Waals surface area contributed by atoms with Gasteiger partial charge in [-0.25, -0.2) is 0 Å². The Morgan fingerprint density at radius 2 is 1.84 bits per heavy atom. The van der Waals surface area contributed by atoms with Crippen molar-refractivity contribution in [1.29, 1.82) is 0 Å². The predicted octanol–water partition coefficient (Wildman–Crippen LogP) is 5.09. The summed E-state index contributed by atoms with van der Waals surface area (Å²) >= 11 is 0. The van der Waals surface area contributed by atoms with Crippen molar-refractivity contribution in [2.45, 2.75) is 58.5 Å². The molecule has 2 aromatic carbocycles. The van der Waals surface area contributed by atoms with Crippen molar-refractivity contribution in [1.82, 2.24) is 15.0 Å². The third-order valence-electron chi connectivity index (χ3n) is 6.05. The van der Waals surface area contributed by atoms with Crippen molar-refractivity contribution in [3.63, 3.8) is 0 Å². The van der Waals surface area contributed by atoms with Crippen LogP contribution in [0.4, 0.5) is 0 Å². The molecule has 1 aromatic heterocycles. The van der Waals surface area contributed by atoms with Gasteiger partial charge >= 0.3 is 0 Å². The van der Waals surface area contributed by atoms with E-state index in [0.29, 0.717) is 18.3 Å². The van der Waals surface area contributed by atoms with Crippen molar-refractivity contribution in [3.05, 3.63) is 65.5 Å². The number of hydrogen-bond donors (Lipinski definition) is 0. The van der Waals surface area contributed by atoms with Crippen LogP contribution in [-0.4, -0.2) is 33.6 Å². The Bertz CT molecular complexity index is 1010. The van der Waals surface area contributed by atoms with Crippen LogP contribution in [0.3, 0.4) is 0 Å². The minimum atomic E-state index is -0.0488. The summed E-state index contributed by atoms with van der Waals surface area (Å²) in [4.78, 5) is 19.6. The zero-order valence-corrected chi connectivity index (χ0v) is 18.2. The molecule has 1 saturated carbocycles. The molecule has 3 aromatic rings. The van der Waals surface area contributed by atoms with Crippen LogP contribution in [0.15, 0.2) is 53.1 Å². The van der Waals surface area contributed by atoms with E-state index in [-0.39, 0.29) is 18.6 Å². The van der Waals surface area contributed by atoms with Gasteiger partial charge < -0.3 is 14.2 Å². The topological polar surface area (TPSA) is 68.5 Å². The van der Waals surface area contributed by atoms with Crippen LogP contribution in [0.25, 0.3) is 11.4 Å². The molecule has 0 N–H and O–H groups in total. The van der Waals surface area contributed by atoms with Crippen molar-refractivity contribution in [2.24, 2.45) is 0 Å².